The number of hydrogen-bond acceptors (Lipinski definition) is 2. The maximum atomic E-state index is 12.3. The Morgan fingerprint density at radius 2 is 2.11 bits per heavy atom. The summed E-state index contributed by atoms with van der Waals surface area (Å²) in [6.07, 6.45) is 3.46. The first-order valence-corrected chi connectivity index (χ1v) is 7.10. The van der Waals surface area contributed by atoms with Crippen molar-refractivity contribution in [2.75, 3.05) is 7.05 Å². The Kier molecular flexibility index (Phi) is 4.16. The van der Waals surface area contributed by atoms with E-state index in [1.165, 1.54) is 0 Å². The number of carbonyl (C=O) groups is 1. The van der Waals surface area contributed by atoms with Crippen LogP contribution in [0.4, 0.5) is 0 Å². The predicted molar refractivity (Wildman–Crippen MR) is 78.0 cm³/mol. The number of rotatable bonds is 4. The summed E-state index contributed by atoms with van der Waals surface area (Å²) in [5, 5.41) is 0.695. The Morgan fingerprint density at radius 3 is 2.63 bits per heavy atom. The highest BCUT2D eigenvalue weighted by atomic mass is 35.5. The molecule has 1 unspecified atom stereocenters. The van der Waals surface area contributed by atoms with Crippen LogP contribution in [0, 0.1) is 0 Å². The molecule has 4 heteroatoms. The second-order valence-corrected chi connectivity index (χ2v) is 6.00. The molecular weight excluding hydrogens is 260 g/mol. The first-order valence-electron chi connectivity index (χ1n) is 6.72. The van der Waals surface area contributed by atoms with E-state index in [1.54, 1.807) is 4.90 Å². The van der Waals surface area contributed by atoms with Gasteiger partial charge in [-0.1, -0.05) is 29.8 Å². The number of amides is 1. The molecule has 0 aliphatic heterocycles. The third-order valence-corrected chi connectivity index (χ3v) is 4.53. The van der Waals surface area contributed by atoms with Crippen LogP contribution < -0.4 is 5.73 Å². The molecule has 104 valence electrons. The molecule has 1 atom stereocenters. The van der Waals surface area contributed by atoms with E-state index >= 15 is 0 Å². The van der Waals surface area contributed by atoms with E-state index in [1.807, 2.05) is 38.2 Å². The molecular formula is C15H21ClN2O. The zero-order valence-corrected chi connectivity index (χ0v) is 12.3. The van der Waals surface area contributed by atoms with Gasteiger partial charge in [0.1, 0.15) is 0 Å². The van der Waals surface area contributed by atoms with Crippen molar-refractivity contribution in [2.45, 2.75) is 44.2 Å². The monoisotopic (exact) mass is 280 g/mol. The Hall–Kier alpha value is -1.06. The molecule has 1 aromatic carbocycles. The van der Waals surface area contributed by atoms with Crippen molar-refractivity contribution in [3.63, 3.8) is 0 Å². The van der Waals surface area contributed by atoms with Crippen molar-refractivity contribution in [1.29, 1.82) is 0 Å². The molecule has 0 spiro atoms. The standard InChI is InChI=1S/C15H21ClN2O/c1-11(12-6-3-4-7-13(12)16)18(2)14(19)10-15(17)8-5-9-15/h3-4,6-7,11H,5,8-10,17H2,1-2H3. The molecule has 0 heterocycles. The van der Waals surface area contributed by atoms with Gasteiger partial charge in [0.2, 0.25) is 5.91 Å². The van der Waals surface area contributed by atoms with Gasteiger partial charge >= 0.3 is 0 Å². The Bertz CT molecular complexity index is 471. The summed E-state index contributed by atoms with van der Waals surface area (Å²) in [6.45, 7) is 1.99. The van der Waals surface area contributed by atoms with Crippen molar-refractivity contribution in [3.8, 4) is 0 Å². The molecule has 1 aliphatic rings. The van der Waals surface area contributed by atoms with Crippen molar-refractivity contribution in [3.05, 3.63) is 34.9 Å². The Labute approximate surface area is 119 Å². The lowest BCUT2D eigenvalue weighted by molar-refractivity contribution is -0.133. The predicted octanol–water partition coefficient (Wildman–Crippen LogP) is 3.13. The van der Waals surface area contributed by atoms with Gasteiger partial charge in [-0.3, -0.25) is 4.79 Å². The van der Waals surface area contributed by atoms with Crippen LogP contribution in [0.3, 0.4) is 0 Å². The third-order valence-electron chi connectivity index (χ3n) is 4.18. The van der Waals surface area contributed by atoms with Gasteiger partial charge in [0.05, 0.1) is 6.04 Å². The maximum absolute atomic E-state index is 12.3. The van der Waals surface area contributed by atoms with Gasteiger partial charge in [-0.25, -0.2) is 0 Å². The lowest BCUT2D eigenvalue weighted by atomic mass is 9.75. The van der Waals surface area contributed by atoms with Gasteiger partial charge in [0.15, 0.2) is 0 Å². The van der Waals surface area contributed by atoms with Gasteiger partial charge in [0, 0.05) is 24.0 Å². The van der Waals surface area contributed by atoms with E-state index in [0.29, 0.717) is 11.4 Å². The van der Waals surface area contributed by atoms with Gasteiger partial charge in [-0.15, -0.1) is 0 Å². The smallest absolute Gasteiger partial charge is 0.224 e. The molecule has 0 bridgehead atoms. The van der Waals surface area contributed by atoms with Gasteiger partial charge in [0.25, 0.3) is 0 Å². The summed E-state index contributed by atoms with van der Waals surface area (Å²) in [4.78, 5) is 14.0. The normalized spacial score (nSPS) is 18.5. The van der Waals surface area contributed by atoms with E-state index in [-0.39, 0.29) is 17.5 Å². The van der Waals surface area contributed by atoms with E-state index < -0.39 is 0 Å². The first kappa shape index (κ1) is 14.4. The second kappa shape index (κ2) is 5.51. The van der Waals surface area contributed by atoms with Crippen LogP contribution in [0.25, 0.3) is 0 Å². The number of halogens is 1. The van der Waals surface area contributed by atoms with Crippen molar-refractivity contribution >= 4 is 17.5 Å². The average Bonchev–Trinajstić information content (AvgIpc) is 2.35. The fourth-order valence-electron chi connectivity index (χ4n) is 2.47. The van der Waals surface area contributed by atoms with Crippen LogP contribution >= 0.6 is 11.6 Å². The van der Waals surface area contributed by atoms with Gasteiger partial charge < -0.3 is 10.6 Å². The van der Waals surface area contributed by atoms with Gasteiger partial charge in [-0.05, 0) is 37.8 Å². The van der Waals surface area contributed by atoms with Crippen LogP contribution in [0.1, 0.15) is 44.2 Å². The average molecular weight is 281 g/mol. The van der Waals surface area contributed by atoms with E-state index in [0.717, 1.165) is 24.8 Å². The zero-order chi connectivity index (χ0) is 14.0. The number of hydrogen-bond donors (Lipinski definition) is 1. The highest BCUT2D eigenvalue weighted by molar-refractivity contribution is 6.31. The largest absolute Gasteiger partial charge is 0.339 e. The molecule has 1 amide bonds. The molecule has 1 aliphatic carbocycles. The summed E-state index contributed by atoms with van der Waals surface area (Å²) in [6, 6.07) is 7.60. The molecule has 2 rings (SSSR count). The van der Waals surface area contributed by atoms with Crippen LogP contribution in [-0.4, -0.2) is 23.4 Å². The van der Waals surface area contributed by atoms with E-state index in [2.05, 4.69) is 0 Å². The van der Waals surface area contributed by atoms with E-state index in [9.17, 15) is 4.79 Å². The van der Waals surface area contributed by atoms with Crippen LogP contribution in [-0.2, 0) is 4.79 Å². The minimum Gasteiger partial charge on any atom is -0.339 e. The number of benzene rings is 1. The molecule has 1 fully saturated rings. The minimum absolute atomic E-state index is 0.0372. The summed E-state index contributed by atoms with van der Waals surface area (Å²) < 4.78 is 0. The Morgan fingerprint density at radius 1 is 1.47 bits per heavy atom. The summed E-state index contributed by atoms with van der Waals surface area (Å²) >= 11 is 6.18. The van der Waals surface area contributed by atoms with Crippen LogP contribution in [0.15, 0.2) is 24.3 Å². The van der Waals surface area contributed by atoms with Crippen LogP contribution in [0.5, 0.6) is 0 Å². The molecule has 0 saturated heterocycles. The molecule has 19 heavy (non-hydrogen) atoms. The molecule has 3 nitrogen and oxygen atoms in total. The number of nitrogens with zero attached hydrogens (tertiary/aromatic N) is 1. The number of nitrogens with two attached hydrogens (primary N) is 1. The molecule has 0 radical (unpaired) electrons. The summed E-state index contributed by atoms with van der Waals surface area (Å²) in [5.41, 5.74) is 6.84. The molecule has 2 N–H and O–H groups in total. The fourth-order valence-corrected chi connectivity index (χ4v) is 2.77. The Balaban J connectivity index is 2.04. The lowest BCUT2D eigenvalue weighted by Crippen LogP contribution is -2.50. The highest BCUT2D eigenvalue weighted by Crippen LogP contribution is 2.34. The lowest BCUT2D eigenvalue weighted by Gasteiger charge is -2.39. The molecule has 0 aromatic heterocycles. The van der Waals surface area contributed by atoms with Crippen LogP contribution in [0.2, 0.25) is 5.02 Å². The number of carbonyl (C=O) groups excluding carboxylic acids is 1. The van der Waals surface area contributed by atoms with Crippen molar-refractivity contribution < 1.29 is 4.79 Å². The topological polar surface area (TPSA) is 46.3 Å². The van der Waals surface area contributed by atoms with Crippen molar-refractivity contribution in [1.82, 2.24) is 4.90 Å². The third kappa shape index (κ3) is 3.10. The maximum Gasteiger partial charge on any atom is 0.224 e. The summed E-state index contributed by atoms with van der Waals surface area (Å²) in [7, 11) is 1.82. The highest BCUT2D eigenvalue weighted by Gasteiger charge is 2.36. The zero-order valence-electron chi connectivity index (χ0n) is 11.5. The molecule has 1 saturated carbocycles. The first-order chi connectivity index (χ1) is 8.93. The summed E-state index contributed by atoms with van der Waals surface area (Å²) in [5.74, 6) is 0.0922. The minimum atomic E-state index is -0.272. The molecule has 1 aromatic rings. The SMILES string of the molecule is CC(c1ccccc1Cl)N(C)C(=O)CC1(N)CCC1. The quantitative estimate of drug-likeness (QED) is 0.921. The second-order valence-electron chi connectivity index (χ2n) is 5.59. The van der Waals surface area contributed by atoms with Gasteiger partial charge in [-0.2, -0.15) is 0 Å². The van der Waals surface area contributed by atoms with E-state index in [4.69, 9.17) is 17.3 Å². The fraction of sp³-hybridized carbons (Fsp3) is 0.533. The van der Waals surface area contributed by atoms with Crippen molar-refractivity contribution in [2.24, 2.45) is 5.73 Å².